The lowest BCUT2D eigenvalue weighted by atomic mass is 10.0. The zero-order valence-corrected chi connectivity index (χ0v) is 22.0. The third-order valence-electron chi connectivity index (χ3n) is 4.99. The summed E-state index contributed by atoms with van der Waals surface area (Å²) < 4.78 is 101. The van der Waals surface area contributed by atoms with Crippen molar-refractivity contribution in [1.29, 1.82) is 0 Å². The first-order valence-corrected chi connectivity index (χ1v) is 11.7. The number of hydrogen-bond donors (Lipinski definition) is 3. The number of carboxylic acid groups (broad SMARTS) is 3. The molecule has 0 spiro atoms. The molecular formula is C24H26F9N3O7. The maximum atomic E-state index is 10.6. The van der Waals surface area contributed by atoms with Crippen LogP contribution in [-0.4, -0.2) is 91.9 Å². The van der Waals surface area contributed by atoms with Gasteiger partial charge in [0.2, 0.25) is 0 Å². The Balaban J connectivity index is 0.000000690. The minimum atomic E-state index is -5.08. The number of halogens is 9. The van der Waals surface area contributed by atoms with Crippen molar-refractivity contribution in [3.63, 3.8) is 0 Å². The summed E-state index contributed by atoms with van der Waals surface area (Å²) in [7, 11) is 0. The van der Waals surface area contributed by atoms with Crippen LogP contribution in [-0.2, 0) is 32.1 Å². The monoisotopic (exact) mass is 639 g/mol. The van der Waals surface area contributed by atoms with Gasteiger partial charge in [-0.15, -0.1) is 0 Å². The Bertz CT molecular complexity index is 1060. The van der Waals surface area contributed by atoms with E-state index < -0.39 is 36.4 Å². The number of carbonyl (C=O) groups is 3. The van der Waals surface area contributed by atoms with Crippen molar-refractivity contribution in [1.82, 2.24) is 14.9 Å². The van der Waals surface area contributed by atoms with Crippen LogP contribution in [0.15, 0.2) is 48.9 Å². The maximum absolute atomic E-state index is 10.6. The van der Waals surface area contributed by atoms with Gasteiger partial charge in [-0.05, 0) is 49.6 Å². The van der Waals surface area contributed by atoms with Gasteiger partial charge >= 0.3 is 36.4 Å². The van der Waals surface area contributed by atoms with Crippen molar-refractivity contribution in [3.8, 4) is 0 Å². The van der Waals surface area contributed by atoms with Crippen LogP contribution < -0.4 is 0 Å². The number of carboxylic acids is 3. The van der Waals surface area contributed by atoms with Crippen LogP contribution in [0.3, 0.4) is 0 Å². The summed E-state index contributed by atoms with van der Waals surface area (Å²) in [6.45, 7) is 4.80. The van der Waals surface area contributed by atoms with Gasteiger partial charge in [-0.1, -0.05) is 6.07 Å². The van der Waals surface area contributed by atoms with Gasteiger partial charge in [-0.3, -0.25) is 14.9 Å². The molecule has 1 fully saturated rings. The Labute approximate surface area is 237 Å². The Kier molecular flexibility index (Phi) is 16.2. The molecule has 43 heavy (non-hydrogen) atoms. The van der Waals surface area contributed by atoms with E-state index in [2.05, 4.69) is 46.1 Å². The van der Waals surface area contributed by atoms with E-state index in [4.69, 9.17) is 34.4 Å². The van der Waals surface area contributed by atoms with Gasteiger partial charge in [0.05, 0.1) is 11.8 Å². The van der Waals surface area contributed by atoms with Crippen LogP contribution in [0.25, 0.3) is 0 Å². The van der Waals surface area contributed by atoms with Gasteiger partial charge in [0.1, 0.15) is 0 Å². The van der Waals surface area contributed by atoms with Crippen molar-refractivity contribution >= 4 is 17.9 Å². The molecule has 3 heterocycles. The number of ether oxygens (including phenoxy) is 1. The Morgan fingerprint density at radius 3 is 1.67 bits per heavy atom. The van der Waals surface area contributed by atoms with Gasteiger partial charge in [-0.25, -0.2) is 14.4 Å². The SMILES string of the molecule is CCO[C@H]1CCN(Cc2ccccn2)[C@H]1Cc1ccncc1.O=C(O)C(F)(F)F.O=C(O)C(F)(F)F.O=C(O)C(F)(F)F. The van der Waals surface area contributed by atoms with Crippen molar-refractivity contribution in [3.05, 3.63) is 60.2 Å². The third kappa shape index (κ3) is 16.9. The lowest BCUT2D eigenvalue weighted by Crippen LogP contribution is -2.38. The summed E-state index contributed by atoms with van der Waals surface area (Å²) in [4.78, 5) is 37.8. The first-order valence-electron chi connectivity index (χ1n) is 11.7. The van der Waals surface area contributed by atoms with Gasteiger partial charge in [-0.2, -0.15) is 39.5 Å². The third-order valence-corrected chi connectivity index (χ3v) is 4.99. The van der Waals surface area contributed by atoms with Crippen LogP contribution in [0.1, 0.15) is 24.6 Å². The molecule has 19 heteroatoms. The van der Waals surface area contributed by atoms with E-state index in [0.29, 0.717) is 12.1 Å². The van der Waals surface area contributed by atoms with Crippen LogP contribution >= 0.6 is 0 Å². The van der Waals surface area contributed by atoms with Crippen LogP contribution in [0.5, 0.6) is 0 Å². The summed E-state index contributed by atoms with van der Waals surface area (Å²) in [5, 5.41) is 21.4. The van der Waals surface area contributed by atoms with Gasteiger partial charge in [0.25, 0.3) is 0 Å². The van der Waals surface area contributed by atoms with Crippen molar-refractivity contribution in [2.75, 3.05) is 13.2 Å². The Morgan fingerprint density at radius 2 is 1.30 bits per heavy atom. The molecule has 3 rings (SSSR count). The van der Waals surface area contributed by atoms with Gasteiger partial charge < -0.3 is 20.1 Å². The standard InChI is InChI=1S/C18H23N3O.3C2HF3O2/c1-2-22-18-8-12-21(14-16-5-3-4-9-20-16)17(18)13-15-6-10-19-11-7-15;3*3-2(4,5)1(6)7/h3-7,9-11,17-18H,2,8,12-14H2,1H3;3*(H,6,7)/t17-,18-;;;/m0.../s1. The molecule has 2 aromatic rings. The molecule has 0 unspecified atom stereocenters. The second-order valence-corrected chi connectivity index (χ2v) is 8.11. The van der Waals surface area contributed by atoms with E-state index in [1.807, 2.05) is 24.7 Å². The van der Waals surface area contributed by atoms with E-state index in [1.165, 1.54) is 5.56 Å². The minimum Gasteiger partial charge on any atom is -0.475 e. The number of nitrogens with zero attached hydrogens (tertiary/aromatic N) is 3. The fourth-order valence-electron chi connectivity index (χ4n) is 3.21. The predicted octanol–water partition coefficient (Wildman–Crippen LogP) is 4.60. The van der Waals surface area contributed by atoms with Gasteiger partial charge in [0, 0.05) is 44.3 Å². The number of hydrogen-bond acceptors (Lipinski definition) is 7. The largest absolute Gasteiger partial charge is 0.490 e. The number of alkyl halides is 9. The van der Waals surface area contributed by atoms with E-state index >= 15 is 0 Å². The number of likely N-dealkylation sites (tertiary alicyclic amines) is 1. The Hall–Kier alpha value is -4.00. The molecule has 0 bridgehead atoms. The zero-order chi connectivity index (χ0) is 33.4. The fourth-order valence-corrected chi connectivity index (χ4v) is 3.21. The quantitative estimate of drug-likeness (QED) is 0.383. The summed E-state index contributed by atoms with van der Waals surface area (Å²) >= 11 is 0. The molecule has 1 aliphatic rings. The molecule has 0 radical (unpaired) electrons. The molecule has 3 N–H and O–H groups in total. The zero-order valence-electron chi connectivity index (χ0n) is 22.0. The van der Waals surface area contributed by atoms with E-state index in [1.54, 1.807) is 0 Å². The maximum Gasteiger partial charge on any atom is 0.490 e. The molecule has 10 nitrogen and oxygen atoms in total. The second-order valence-electron chi connectivity index (χ2n) is 8.11. The van der Waals surface area contributed by atoms with Crippen molar-refractivity contribution in [2.24, 2.45) is 0 Å². The van der Waals surface area contributed by atoms with Crippen LogP contribution in [0, 0.1) is 0 Å². The first-order chi connectivity index (χ1) is 19.7. The first kappa shape index (κ1) is 39.0. The average molecular weight is 639 g/mol. The molecule has 1 saturated heterocycles. The lowest BCUT2D eigenvalue weighted by molar-refractivity contribution is -0.193. The fraction of sp³-hybridized carbons (Fsp3) is 0.458. The molecule has 242 valence electrons. The highest BCUT2D eigenvalue weighted by Crippen LogP contribution is 2.26. The number of rotatable bonds is 6. The predicted molar refractivity (Wildman–Crippen MR) is 127 cm³/mol. The molecule has 0 saturated carbocycles. The van der Waals surface area contributed by atoms with E-state index in [-0.39, 0.29) is 0 Å². The smallest absolute Gasteiger partial charge is 0.475 e. The molecule has 2 aromatic heterocycles. The van der Waals surface area contributed by atoms with Crippen molar-refractivity contribution < 1.29 is 74.0 Å². The van der Waals surface area contributed by atoms with Crippen molar-refractivity contribution in [2.45, 2.75) is 57.0 Å². The van der Waals surface area contributed by atoms with Crippen LogP contribution in [0.2, 0.25) is 0 Å². The molecular weight excluding hydrogens is 613 g/mol. The summed E-state index contributed by atoms with van der Waals surface area (Å²) in [6.07, 6.45) is -7.26. The highest BCUT2D eigenvalue weighted by atomic mass is 19.4. The summed E-state index contributed by atoms with van der Waals surface area (Å²) in [6, 6.07) is 10.7. The molecule has 2 atom stereocenters. The topological polar surface area (TPSA) is 150 Å². The highest BCUT2D eigenvalue weighted by Gasteiger charge is 2.39. The molecule has 1 aliphatic heterocycles. The van der Waals surface area contributed by atoms with Gasteiger partial charge in [0.15, 0.2) is 0 Å². The Morgan fingerprint density at radius 1 is 0.837 bits per heavy atom. The number of aromatic nitrogens is 2. The molecule has 0 amide bonds. The summed E-state index contributed by atoms with van der Waals surface area (Å²) in [5.74, 6) is -8.27. The number of aliphatic carboxylic acids is 3. The number of pyridine rings is 2. The second kappa shape index (κ2) is 17.8. The molecule has 0 aliphatic carbocycles. The van der Waals surface area contributed by atoms with Crippen LogP contribution in [0.4, 0.5) is 39.5 Å². The minimum absolute atomic E-state index is 0.307. The van der Waals surface area contributed by atoms with E-state index in [9.17, 15) is 39.5 Å². The molecule has 0 aromatic carbocycles. The highest BCUT2D eigenvalue weighted by molar-refractivity contribution is 5.73. The average Bonchev–Trinajstić information content (AvgIpc) is 3.25. The van der Waals surface area contributed by atoms with E-state index in [0.717, 1.165) is 38.2 Å². The summed E-state index contributed by atoms with van der Waals surface area (Å²) in [5.41, 5.74) is 2.44. The normalized spacial score (nSPS) is 16.8. The lowest BCUT2D eigenvalue weighted by Gasteiger charge is -2.28.